The Hall–Kier alpha value is 0.190. The maximum atomic E-state index is 8.64. The van der Waals surface area contributed by atoms with Crippen LogP contribution < -0.4 is 5.43 Å². The summed E-state index contributed by atoms with van der Waals surface area (Å²) in [5, 5.41) is 10.6. The summed E-state index contributed by atoms with van der Waals surface area (Å²) in [5.41, 5.74) is 3.06. The van der Waals surface area contributed by atoms with Gasteiger partial charge >= 0.3 is 0 Å². The Morgan fingerprint density at radius 2 is 2.45 bits per heavy atom. The zero-order valence-electron chi connectivity index (χ0n) is 6.66. The van der Waals surface area contributed by atoms with Crippen LogP contribution >= 0.6 is 0 Å². The van der Waals surface area contributed by atoms with E-state index in [0.717, 1.165) is 13.2 Å². The zero-order valence-corrected chi connectivity index (χ0v) is 7.47. The van der Waals surface area contributed by atoms with Crippen molar-refractivity contribution >= 4 is 12.6 Å². The maximum absolute atomic E-state index is 8.64. The van der Waals surface area contributed by atoms with Crippen molar-refractivity contribution in [2.24, 2.45) is 0 Å². The van der Waals surface area contributed by atoms with Crippen LogP contribution in [0.2, 0.25) is 0 Å². The second-order valence-corrected chi connectivity index (χ2v) is 2.96. The first-order valence-electron chi connectivity index (χ1n) is 3.79. The molecule has 0 bridgehead atoms. The first-order chi connectivity index (χ1) is 5.27. The number of β-amino-alcohol motifs (C(OH)–C–C–N with tert-alkyl or cyclic N) is 1. The van der Waals surface area contributed by atoms with Gasteiger partial charge in [-0.15, -0.1) is 0 Å². The van der Waals surface area contributed by atoms with E-state index in [0.29, 0.717) is 6.54 Å². The predicted octanol–water partition coefficient (Wildman–Crippen LogP) is -1.09. The predicted molar refractivity (Wildman–Crippen MR) is 45.3 cm³/mol. The summed E-state index contributed by atoms with van der Waals surface area (Å²) in [6.07, 6.45) is 0. The van der Waals surface area contributed by atoms with Gasteiger partial charge in [-0.25, -0.2) is 5.01 Å². The van der Waals surface area contributed by atoms with Gasteiger partial charge in [0.2, 0.25) is 0 Å². The van der Waals surface area contributed by atoms with Crippen molar-refractivity contribution in [3.05, 3.63) is 0 Å². The molecule has 0 saturated carbocycles. The molecule has 1 fully saturated rings. The van der Waals surface area contributed by atoms with Crippen LogP contribution in [0.3, 0.4) is 0 Å². The Kier molecular flexibility index (Phi) is 3.61. The highest BCUT2D eigenvalue weighted by Crippen LogP contribution is 2.04. The first-order valence-corrected chi connectivity index (χ1v) is 4.27. The fourth-order valence-electron chi connectivity index (χ4n) is 1.09. The number of rotatable bonds is 3. The van der Waals surface area contributed by atoms with Gasteiger partial charge in [-0.1, -0.05) is 6.92 Å². The number of hydrazine groups is 1. The molecule has 0 spiro atoms. The van der Waals surface area contributed by atoms with Gasteiger partial charge in [0.25, 0.3) is 0 Å². The molecular formula is C6H14N3OS-. The van der Waals surface area contributed by atoms with E-state index in [2.05, 4.69) is 17.2 Å². The molecule has 1 atom stereocenters. The Bertz CT molecular complexity index is 124. The number of aliphatic hydroxyl groups excluding tert-OH is 1. The summed E-state index contributed by atoms with van der Waals surface area (Å²) < 4.78 is 0. The van der Waals surface area contributed by atoms with Crippen molar-refractivity contribution < 1.29 is 5.11 Å². The molecule has 1 unspecified atom stereocenters. The summed E-state index contributed by atoms with van der Waals surface area (Å²) in [6.45, 7) is 4.65. The van der Waals surface area contributed by atoms with E-state index in [1.807, 2.05) is 5.01 Å². The molecule has 5 heteroatoms. The standard InChI is InChI=1S/C6H15N3OS/c1-2-8-5-9(3-4-10)7-6(8)11/h6-7,10-11H,2-5H2,1H3/p-1. The van der Waals surface area contributed by atoms with E-state index in [-0.39, 0.29) is 12.1 Å². The van der Waals surface area contributed by atoms with E-state index < -0.39 is 0 Å². The van der Waals surface area contributed by atoms with Gasteiger partial charge < -0.3 is 17.7 Å². The van der Waals surface area contributed by atoms with Crippen LogP contribution in [0.4, 0.5) is 0 Å². The van der Waals surface area contributed by atoms with Gasteiger partial charge in [0.1, 0.15) is 0 Å². The lowest BCUT2D eigenvalue weighted by Gasteiger charge is -2.25. The molecule has 2 N–H and O–H groups in total. The molecule has 1 rings (SSSR count). The van der Waals surface area contributed by atoms with Gasteiger partial charge in [-0.05, 0) is 12.0 Å². The molecule has 0 aromatic heterocycles. The Morgan fingerprint density at radius 3 is 2.91 bits per heavy atom. The van der Waals surface area contributed by atoms with E-state index >= 15 is 0 Å². The summed E-state index contributed by atoms with van der Waals surface area (Å²) >= 11 is 5.11. The highest BCUT2D eigenvalue weighted by Gasteiger charge is 2.18. The Labute approximate surface area is 72.5 Å². The monoisotopic (exact) mass is 176 g/mol. The molecule has 1 aliphatic rings. The van der Waals surface area contributed by atoms with Crippen LogP contribution in [0.5, 0.6) is 0 Å². The largest absolute Gasteiger partial charge is 0.757 e. The zero-order chi connectivity index (χ0) is 8.27. The quantitative estimate of drug-likeness (QED) is 0.535. The molecule has 0 aromatic carbocycles. The van der Waals surface area contributed by atoms with Crippen molar-refractivity contribution in [3.63, 3.8) is 0 Å². The van der Waals surface area contributed by atoms with Crippen LogP contribution in [0.25, 0.3) is 0 Å². The second-order valence-electron chi connectivity index (χ2n) is 2.51. The van der Waals surface area contributed by atoms with E-state index in [4.69, 9.17) is 17.7 Å². The number of aliphatic hydroxyl groups is 1. The van der Waals surface area contributed by atoms with Gasteiger partial charge in [0, 0.05) is 6.54 Å². The van der Waals surface area contributed by atoms with Crippen LogP contribution in [-0.4, -0.2) is 46.9 Å². The topological polar surface area (TPSA) is 38.7 Å². The highest BCUT2D eigenvalue weighted by molar-refractivity contribution is 7.59. The van der Waals surface area contributed by atoms with Crippen molar-refractivity contribution in [2.45, 2.75) is 12.4 Å². The fraction of sp³-hybridized carbons (Fsp3) is 1.00. The van der Waals surface area contributed by atoms with Crippen molar-refractivity contribution in [2.75, 3.05) is 26.4 Å². The van der Waals surface area contributed by atoms with Crippen molar-refractivity contribution in [3.8, 4) is 0 Å². The lowest BCUT2D eigenvalue weighted by Crippen LogP contribution is -2.37. The molecule has 0 radical (unpaired) electrons. The van der Waals surface area contributed by atoms with Gasteiger partial charge in [0.15, 0.2) is 0 Å². The summed E-state index contributed by atoms with van der Waals surface area (Å²) in [4.78, 5) is 2.12. The normalized spacial score (nSPS) is 28.1. The average molecular weight is 176 g/mol. The molecule has 66 valence electrons. The number of nitrogens with one attached hydrogen (secondary N) is 1. The van der Waals surface area contributed by atoms with E-state index in [1.165, 1.54) is 0 Å². The highest BCUT2D eigenvalue weighted by atomic mass is 32.1. The summed E-state index contributed by atoms with van der Waals surface area (Å²) in [5.74, 6) is 0. The third-order valence-corrected chi connectivity index (χ3v) is 2.16. The molecule has 0 amide bonds. The average Bonchev–Trinajstić information content (AvgIpc) is 2.32. The fourth-order valence-corrected chi connectivity index (χ4v) is 1.46. The smallest absolute Gasteiger partial charge is 0.0643 e. The second kappa shape index (κ2) is 4.27. The van der Waals surface area contributed by atoms with Gasteiger partial charge in [0.05, 0.1) is 13.3 Å². The maximum Gasteiger partial charge on any atom is 0.0643 e. The lowest BCUT2D eigenvalue weighted by atomic mass is 10.6. The molecule has 4 nitrogen and oxygen atoms in total. The molecule has 1 heterocycles. The summed E-state index contributed by atoms with van der Waals surface area (Å²) in [7, 11) is 0. The number of hydrogen-bond acceptors (Lipinski definition) is 5. The number of nitrogens with zero attached hydrogens (tertiary/aromatic N) is 2. The Morgan fingerprint density at radius 1 is 1.73 bits per heavy atom. The third kappa shape index (κ3) is 2.31. The van der Waals surface area contributed by atoms with Gasteiger partial charge in [-0.2, -0.15) is 0 Å². The molecule has 1 saturated heterocycles. The van der Waals surface area contributed by atoms with Gasteiger partial charge in [-0.3, -0.25) is 10.3 Å². The minimum Gasteiger partial charge on any atom is -0.757 e. The van der Waals surface area contributed by atoms with Crippen LogP contribution in [0, 0.1) is 0 Å². The third-order valence-electron chi connectivity index (χ3n) is 1.75. The SMILES string of the molecule is CCN1CN(CCO)NC1[S-]. The van der Waals surface area contributed by atoms with E-state index in [9.17, 15) is 0 Å². The van der Waals surface area contributed by atoms with Crippen molar-refractivity contribution in [1.82, 2.24) is 15.3 Å². The number of hydrogen-bond donors (Lipinski definition) is 2. The van der Waals surface area contributed by atoms with Crippen LogP contribution in [0.15, 0.2) is 0 Å². The first kappa shape index (κ1) is 9.28. The molecular weight excluding hydrogens is 162 g/mol. The Balaban J connectivity index is 2.30. The minimum atomic E-state index is -0.00782. The molecule has 0 aromatic rings. The lowest BCUT2D eigenvalue weighted by molar-refractivity contribution is 0.167. The summed E-state index contributed by atoms with van der Waals surface area (Å²) in [6, 6.07) is 0. The van der Waals surface area contributed by atoms with E-state index in [1.54, 1.807) is 0 Å². The molecule has 0 aliphatic carbocycles. The van der Waals surface area contributed by atoms with Crippen LogP contribution in [0.1, 0.15) is 6.92 Å². The minimum absolute atomic E-state index is 0.00782. The van der Waals surface area contributed by atoms with Crippen LogP contribution in [-0.2, 0) is 12.6 Å². The molecule has 11 heavy (non-hydrogen) atoms. The van der Waals surface area contributed by atoms with Crippen molar-refractivity contribution in [1.29, 1.82) is 0 Å². The molecule has 1 aliphatic heterocycles.